The summed E-state index contributed by atoms with van der Waals surface area (Å²) in [5.74, 6) is 2.14. The summed E-state index contributed by atoms with van der Waals surface area (Å²) in [4.78, 5) is 0. The maximum atomic E-state index is 2.40. The molecule has 0 atom stereocenters. The van der Waals surface area contributed by atoms with Gasteiger partial charge in [0.05, 0.1) is 49.3 Å². The van der Waals surface area contributed by atoms with Crippen molar-refractivity contribution in [2.45, 2.75) is 208 Å². The summed E-state index contributed by atoms with van der Waals surface area (Å²) in [6.45, 7) is 14.4. The minimum Gasteiger partial charge on any atom is -0.0654 e. The van der Waals surface area contributed by atoms with Gasteiger partial charge in [0.1, 0.15) is 0 Å². The quantitative estimate of drug-likeness (QED) is 0.0500. The van der Waals surface area contributed by atoms with E-state index in [0.717, 1.165) is 11.8 Å². The summed E-state index contributed by atoms with van der Waals surface area (Å²) < 4.78 is 0. The Hall–Kier alpha value is 0.860. The van der Waals surface area contributed by atoms with Crippen LogP contribution in [-0.4, -0.2) is 49.3 Å². The first kappa shape index (κ1) is 42.9. The highest BCUT2D eigenvalue weighted by Crippen LogP contribution is 2.62. The standard InChI is InChI=1S/C42H88P2/c1-7-13-19-33-43(34-20-14-8-2,35-21-15-9-3)39-25-27-41-29-31-42(32-30-41)28-26-40-44(36-22-16-10-4,37-23-17-11-5)38-24-18-12-6/h41-42H,7-40H2,1-6H3/q+2. The van der Waals surface area contributed by atoms with Crippen LogP contribution >= 0.6 is 14.5 Å². The smallest absolute Gasteiger partial charge is 0.0594 e. The minimum absolute atomic E-state index is 0.724. The fourth-order valence-electron chi connectivity index (χ4n) is 8.76. The van der Waals surface area contributed by atoms with Crippen LogP contribution < -0.4 is 0 Å². The van der Waals surface area contributed by atoms with E-state index >= 15 is 0 Å². The highest BCUT2D eigenvalue weighted by molar-refractivity contribution is 7.76. The summed E-state index contributed by atoms with van der Waals surface area (Å²) in [5.41, 5.74) is 0. The van der Waals surface area contributed by atoms with E-state index < -0.39 is 14.5 Å². The number of hydrogen-bond donors (Lipinski definition) is 0. The molecule has 0 bridgehead atoms. The molecule has 1 aliphatic carbocycles. The zero-order valence-corrected chi connectivity index (χ0v) is 33.9. The van der Waals surface area contributed by atoms with Gasteiger partial charge in [-0.25, -0.2) is 0 Å². The second-order valence-corrected chi connectivity index (χ2v) is 24.8. The zero-order valence-electron chi connectivity index (χ0n) is 32.1. The van der Waals surface area contributed by atoms with Crippen LogP contribution in [0.1, 0.15) is 208 Å². The lowest BCUT2D eigenvalue weighted by Crippen LogP contribution is -2.18. The normalized spacial score (nSPS) is 17.9. The van der Waals surface area contributed by atoms with Gasteiger partial charge < -0.3 is 0 Å². The van der Waals surface area contributed by atoms with Crippen LogP contribution in [0.4, 0.5) is 0 Å². The van der Waals surface area contributed by atoms with Crippen molar-refractivity contribution in [3.63, 3.8) is 0 Å². The summed E-state index contributed by atoms with van der Waals surface area (Å²) in [6.07, 6.45) is 52.2. The van der Waals surface area contributed by atoms with Crippen molar-refractivity contribution in [3.05, 3.63) is 0 Å². The van der Waals surface area contributed by atoms with E-state index in [-0.39, 0.29) is 0 Å². The second kappa shape index (κ2) is 28.8. The molecule has 2 heteroatoms. The predicted molar refractivity (Wildman–Crippen MR) is 214 cm³/mol. The molecule has 1 aliphatic rings. The lowest BCUT2D eigenvalue weighted by molar-refractivity contribution is 0.251. The van der Waals surface area contributed by atoms with Gasteiger partial charge in [-0.2, -0.15) is 0 Å². The van der Waals surface area contributed by atoms with Crippen molar-refractivity contribution in [2.24, 2.45) is 11.8 Å². The Balaban J connectivity index is 2.60. The highest BCUT2D eigenvalue weighted by atomic mass is 31.2. The van der Waals surface area contributed by atoms with Gasteiger partial charge in [0.15, 0.2) is 0 Å². The Morgan fingerprint density at radius 3 is 0.705 bits per heavy atom. The topological polar surface area (TPSA) is 0 Å². The molecule has 0 N–H and O–H groups in total. The molecule has 0 spiro atoms. The fraction of sp³-hybridized carbons (Fsp3) is 1.00. The highest BCUT2D eigenvalue weighted by Gasteiger charge is 2.37. The molecule has 264 valence electrons. The van der Waals surface area contributed by atoms with Crippen molar-refractivity contribution >= 4 is 14.5 Å². The Bertz CT molecular complexity index is 488. The fourth-order valence-corrected chi connectivity index (χ4v) is 18.5. The van der Waals surface area contributed by atoms with Crippen LogP contribution in [0.25, 0.3) is 0 Å². The molecule has 0 radical (unpaired) electrons. The molecule has 0 aliphatic heterocycles. The second-order valence-electron chi connectivity index (χ2n) is 15.9. The molecule has 0 aromatic rings. The van der Waals surface area contributed by atoms with Crippen LogP contribution in [-0.2, 0) is 0 Å². The maximum absolute atomic E-state index is 2.40. The van der Waals surface area contributed by atoms with E-state index in [1.807, 2.05) is 0 Å². The van der Waals surface area contributed by atoms with Crippen molar-refractivity contribution < 1.29 is 0 Å². The Kier molecular flexibility index (Phi) is 28.1. The van der Waals surface area contributed by atoms with E-state index in [4.69, 9.17) is 0 Å². The zero-order chi connectivity index (χ0) is 32.2. The van der Waals surface area contributed by atoms with Gasteiger partial charge in [-0.05, 0) is 76.0 Å². The van der Waals surface area contributed by atoms with Crippen molar-refractivity contribution in [3.8, 4) is 0 Å². The molecule has 1 rings (SSSR count). The van der Waals surface area contributed by atoms with E-state index in [2.05, 4.69) is 41.5 Å². The lowest BCUT2D eigenvalue weighted by atomic mass is 9.78. The molecule has 0 amide bonds. The number of unbranched alkanes of at least 4 members (excludes halogenated alkanes) is 12. The molecule has 1 fully saturated rings. The molecular weight excluding hydrogens is 566 g/mol. The van der Waals surface area contributed by atoms with Crippen molar-refractivity contribution in [1.82, 2.24) is 0 Å². The Morgan fingerprint density at radius 1 is 0.295 bits per heavy atom. The van der Waals surface area contributed by atoms with Crippen LogP contribution in [0.15, 0.2) is 0 Å². The molecule has 0 heterocycles. The monoisotopic (exact) mass is 655 g/mol. The van der Waals surface area contributed by atoms with Gasteiger partial charge in [-0.15, -0.1) is 0 Å². The van der Waals surface area contributed by atoms with E-state index in [1.54, 1.807) is 101 Å². The van der Waals surface area contributed by atoms with E-state index in [1.165, 1.54) is 116 Å². The van der Waals surface area contributed by atoms with Crippen molar-refractivity contribution in [2.75, 3.05) is 49.3 Å². The minimum atomic E-state index is -0.724. The summed E-state index contributed by atoms with van der Waals surface area (Å²) >= 11 is 0. The molecule has 44 heavy (non-hydrogen) atoms. The van der Waals surface area contributed by atoms with Gasteiger partial charge in [-0.3, -0.25) is 0 Å². The number of rotatable bonds is 32. The molecule has 0 nitrogen and oxygen atoms in total. The summed E-state index contributed by atoms with van der Waals surface area (Å²) in [5, 5.41) is 0. The molecule has 0 saturated heterocycles. The van der Waals surface area contributed by atoms with Crippen LogP contribution in [0.3, 0.4) is 0 Å². The Labute approximate surface area is 283 Å². The first-order chi connectivity index (χ1) is 21.5. The van der Waals surface area contributed by atoms with E-state index in [0.29, 0.717) is 0 Å². The number of hydrogen-bond acceptors (Lipinski definition) is 0. The maximum Gasteiger partial charge on any atom is 0.0594 e. The van der Waals surface area contributed by atoms with Gasteiger partial charge in [0, 0.05) is 14.5 Å². The van der Waals surface area contributed by atoms with Crippen LogP contribution in [0.5, 0.6) is 0 Å². The molecule has 0 aromatic carbocycles. The molecule has 1 saturated carbocycles. The third-order valence-corrected chi connectivity index (χ3v) is 22.0. The summed E-state index contributed by atoms with van der Waals surface area (Å²) in [6, 6.07) is 0. The third kappa shape index (κ3) is 20.3. The lowest BCUT2D eigenvalue weighted by Gasteiger charge is -2.32. The molecule has 0 aromatic heterocycles. The third-order valence-electron chi connectivity index (χ3n) is 11.9. The Morgan fingerprint density at radius 2 is 0.500 bits per heavy atom. The van der Waals surface area contributed by atoms with Gasteiger partial charge >= 0.3 is 0 Å². The molecule has 0 unspecified atom stereocenters. The predicted octanol–water partition coefficient (Wildman–Crippen LogP) is 15.5. The average Bonchev–Trinajstić information content (AvgIpc) is 3.02. The SMILES string of the molecule is CCCCC[P+](CCCCC)(CCCCC)CCCC1CCC(CCC[P+](CCCCC)(CCCCC)CCCCC)CC1. The van der Waals surface area contributed by atoms with Crippen LogP contribution in [0.2, 0.25) is 0 Å². The van der Waals surface area contributed by atoms with Gasteiger partial charge in [0.2, 0.25) is 0 Å². The first-order valence-corrected chi connectivity index (χ1v) is 26.3. The van der Waals surface area contributed by atoms with Crippen molar-refractivity contribution in [1.29, 1.82) is 0 Å². The first-order valence-electron chi connectivity index (χ1n) is 21.2. The average molecular weight is 655 g/mol. The van der Waals surface area contributed by atoms with Gasteiger partial charge in [-0.1, -0.05) is 144 Å². The largest absolute Gasteiger partial charge is 0.0654 e. The molecular formula is C42H88P2+2. The van der Waals surface area contributed by atoms with Gasteiger partial charge in [0.25, 0.3) is 0 Å². The van der Waals surface area contributed by atoms with E-state index in [9.17, 15) is 0 Å². The van der Waals surface area contributed by atoms with Crippen LogP contribution in [0, 0.1) is 11.8 Å². The summed E-state index contributed by atoms with van der Waals surface area (Å²) in [7, 11) is -1.45.